The molecule has 0 bridgehead atoms. The maximum absolute atomic E-state index is 12.4. The average Bonchev–Trinajstić information content (AvgIpc) is 3.11. The van der Waals surface area contributed by atoms with Gasteiger partial charge in [-0.05, 0) is 30.7 Å². The van der Waals surface area contributed by atoms with Crippen LogP contribution in [0.1, 0.15) is 5.56 Å². The van der Waals surface area contributed by atoms with E-state index in [4.69, 9.17) is 21.1 Å². The number of rotatable bonds is 2. The van der Waals surface area contributed by atoms with Gasteiger partial charge in [-0.15, -0.1) is 12.4 Å². The molecule has 0 unspecified atom stereocenters. The van der Waals surface area contributed by atoms with E-state index in [2.05, 4.69) is 9.88 Å². The maximum Gasteiger partial charge on any atom is 0.316 e. The third kappa shape index (κ3) is 2.75. The van der Waals surface area contributed by atoms with E-state index in [1.807, 2.05) is 31.3 Å². The van der Waals surface area contributed by atoms with E-state index < -0.39 is 5.41 Å². The number of nitrogens with zero attached hydrogens (tertiary/aromatic N) is 2. The highest BCUT2D eigenvalue weighted by atomic mass is 35.5. The fourth-order valence-electron chi connectivity index (χ4n) is 4.06. The highest BCUT2D eigenvalue weighted by Gasteiger charge is 2.57. The van der Waals surface area contributed by atoms with Gasteiger partial charge in [0, 0.05) is 41.3 Å². The Morgan fingerprint density at radius 2 is 2.28 bits per heavy atom. The summed E-state index contributed by atoms with van der Waals surface area (Å²) >= 11 is 6.26. The summed E-state index contributed by atoms with van der Waals surface area (Å²) in [6.07, 6.45) is 1.81. The van der Waals surface area contributed by atoms with Gasteiger partial charge in [-0.2, -0.15) is 0 Å². The SMILES string of the molecule is COC(=O)[C@@]12COC[C@@H]1CN(c1ccnc3c(C)cc(Cl)cc13)C2.Cl. The molecule has 2 aliphatic heterocycles. The number of pyridine rings is 1. The van der Waals surface area contributed by atoms with Crippen molar-refractivity contribution in [3.05, 3.63) is 35.0 Å². The van der Waals surface area contributed by atoms with Gasteiger partial charge in [-0.1, -0.05) is 11.6 Å². The molecule has 7 heteroatoms. The molecule has 25 heavy (non-hydrogen) atoms. The minimum atomic E-state index is -0.571. The average molecular weight is 383 g/mol. The van der Waals surface area contributed by atoms with Crippen molar-refractivity contribution in [2.75, 3.05) is 38.3 Å². The van der Waals surface area contributed by atoms with E-state index in [0.717, 1.165) is 28.7 Å². The van der Waals surface area contributed by atoms with Crippen LogP contribution in [0, 0.1) is 18.3 Å². The molecular formula is C18H20Cl2N2O3. The molecule has 2 saturated heterocycles. The minimum Gasteiger partial charge on any atom is -0.468 e. The van der Waals surface area contributed by atoms with E-state index >= 15 is 0 Å². The largest absolute Gasteiger partial charge is 0.468 e. The van der Waals surface area contributed by atoms with E-state index in [0.29, 0.717) is 24.8 Å². The third-order valence-corrected chi connectivity index (χ3v) is 5.50. The van der Waals surface area contributed by atoms with Crippen LogP contribution in [0.25, 0.3) is 10.9 Å². The van der Waals surface area contributed by atoms with Crippen LogP contribution >= 0.6 is 24.0 Å². The molecule has 1 aromatic heterocycles. The number of aryl methyl sites for hydroxylation is 1. The summed E-state index contributed by atoms with van der Waals surface area (Å²) in [5.41, 5.74) is 2.48. The lowest BCUT2D eigenvalue weighted by Gasteiger charge is -2.25. The van der Waals surface area contributed by atoms with Gasteiger partial charge >= 0.3 is 5.97 Å². The number of aromatic nitrogens is 1. The first-order chi connectivity index (χ1) is 11.5. The number of ether oxygens (including phenoxy) is 2. The van der Waals surface area contributed by atoms with Gasteiger partial charge in [0.1, 0.15) is 5.41 Å². The predicted octanol–water partition coefficient (Wildman–Crippen LogP) is 3.24. The van der Waals surface area contributed by atoms with E-state index in [1.54, 1.807) is 0 Å². The molecule has 2 fully saturated rings. The third-order valence-electron chi connectivity index (χ3n) is 5.28. The number of fused-ring (bicyclic) bond motifs is 2. The Hall–Kier alpha value is -1.56. The van der Waals surface area contributed by atoms with E-state index in [-0.39, 0.29) is 24.3 Å². The van der Waals surface area contributed by atoms with Crippen LogP contribution in [-0.2, 0) is 14.3 Å². The van der Waals surface area contributed by atoms with Gasteiger partial charge in [-0.25, -0.2) is 0 Å². The summed E-state index contributed by atoms with van der Waals surface area (Å²) in [5, 5.41) is 1.71. The fraction of sp³-hybridized carbons (Fsp3) is 0.444. The first-order valence-electron chi connectivity index (χ1n) is 8.01. The van der Waals surface area contributed by atoms with E-state index in [9.17, 15) is 4.79 Å². The van der Waals surface area contributed by atoms with Crippen molar-refractivity contribution in [2.24, 2.45) is 11.3 Å². The van der Waals surface area contributed by atoms with E-state index in [1.165, 1.54) is 7.11 Å². The standard InChI is InChI=1S/C18H19ClN2O3.ClH/c1-11-5-13(19)6-14-15(3-4-20-16(11)14)21-7-12-8-24-10-18(12,9-21)17(22)23-2;/h3-6,12H,7-10H2,1-2H3;1H/t12-,18-;/m0./s1. The van der Waals surface area contributed by atoms with Crippen LogP contribution < -0.4 is 4.90 Å². The molecule has 0 amide bonds. The molecule has 0 aliphatic carbocycles. The Morgan fingerprint density at radius 3 is 3.04 bits per heavy atom. The normalized spacial score (nSPS) is 24.9. The highest BCUT2D eigenvalue weighted by Crippen LogP contribution is 2.45. The van der Waals surface area contributed by atoms with Gasteiger partial charge in [0.05, 0.1) is 25.8 Å². The molecule has 1 aromatic carbocycles. The number of hydrogen-bond acceptors (Lipinski definition) is 5. The first kappa shape index (κ1) is 18.2. The summed E-state index contributed by atoms with van der Waals surface area (Å²) in [5.74, 6) is -0.0338. The van der Waals surface area contributed by atoms with Gasteiger partial charge < -0.3 is 14.4 Å². The number of hydrogen-bond donors (Lipinski definition) is 0. The smallest absolute Gasteiger partial charge is 0.316 e. The van der Waals surface area contributed by atoms with Crippen molar-refractivity contribution in [1.29, 1.82) is 0 Å². The Kier molecular flexibility index (Phi) is 4.84. The number of carbonyl (C=O) groups excluding carboxylic acids is 1. The second-order valence-electron chi connectivity index (χ2n) is 6.69. The number of halogens is 2. The summed E-state index contributed by atoms with van der Waals surface area (Å²) in [7, 11) is 1.44. The number of methoxy groups -OCH3 is 1. The molecule has 0 N–H and O–H groups in total. The molecule has 2 aliphatic rings. The van der Waals surface area contributed by atoms with Crippen LogP contribution in [-0.4, -0.2) is 44.4 Å². The number of carbonyl (C=O) groups is 1. The zero-order chi connectivity index (χ0) is 16.9. The van der Waals surface area contributed by atoms with Crippen LogP contribution in [0.3, 0.4) is 0 Å². The fourth-order valence-corrected chi connectivity index (χ4v) is 4.33. The lowest BCUT2D eigenvalue weighted by atomic mass is 9.81. The second-order valence-corrected chi connectivity index (χ2v) is 7.13. The molecule has 0 saturated carbocycles. The molecule has 0 spiro atoms. The van der Waals surface area contributed by atoms with Gasteiger partial charge in [0.15, 0.2) is 0 Å². The Balaban J connectivity index is 0.00000182. The van der Waals surface area contributed by atoms with Crippen LogP contribution in [0.4, 0.5) is 5.69 Å². The quantitative estimate of drug-likeness (QED) is 0.746. The summed E-state index contributed by atoms with van der Waals surface area (Å²) in [6.45, 7) is 4.38. The van der Waals surface area contributed by atoms with Crippen molar-refractivity contribution in [3.8, 4) is 0 Å². The van der Waals surface area contributed by atoms with Crippen LogP contribution in [0.15, 0.2) is 24.4 Å². The zero-order valence-electron chi connectivity index (χ0n) is 14.1. The molecule has 3 heterocycles. The van der Waals surface area contributed by atoms with Gasteiger partial charge in [-0.3, -0.25) is 9.78 Å². The highest BCUT2D eigenvalue weighted by molar-refractivity contribution is 6.31. The van der Waals surface area contributed by atoms with Gasteiger partial charge in [0.2, 0.25) is 0 Å². The summed E-state index contributed by atoms with van der Waals surface area (Å²) in [4.78, 5) is 19.1. The lowest BCUT2D eigenvalue weighted by molar-refractivity contribution is -0.152. The number of anilines is 1. The monoisotopic (exact) mass is 382 g/mol. The molecule has 2 aromatic rings. The van der Waals surface area contributed by atoms with Crippen LogP contribution in [0.2, 0.25) is 5.02 Å². The molecule has 0 radical (unpaired) electrons. The summed E-state index contributed by atoms with van der Waals surface area (Å²) in [6, 6.07) is 5.86. The number of benzene rings is 1. The van der Waals surface area contributed by atoms with Crippen LogP contribution in [0.5, 0.6) is 0 Å². The first-order valence-corrected chi connectivity index (χ1v) is 8.39. The second kappa shape index (κ2) is 6.63. The van der Waals surface area contributed by atoms with Crippen molar-refractivity contribution in [3.63, 3.8) is 0 Å². The maximum atomic E-state index is 12.4. The molecule has 2 atom stereocenters. The van der Waals surface area contributed by atoms with Crippen molar-refractivity contribution in [2.45, 2.75) is 6.92 Å². The predicted molar refractivity (Wildman–Crippen MR) is 99.7 cm³/mol. The number of esters is 1. The molecule has 4 rings (SSSR count). The molecule has 5 nitrogen and oxygen atoms in total. The summed E-state index contributed by atoms with van der Waals surface area (Å²) < 4.78 is 10.7. The zero-order valence-corrected chi connectivity index (χ0v) is 15.7. The topological polar surface area (TPSA) is 51.7 Å². The Morgan fingerprint density at radius 1 is 1.48 bits per heavy atom. The molecular weight excluding hydrogens is 363 g/mol. The molecule has 134 valence electrons. The van der Waals surface area contributed by atoms with Gasteiger partial charge in [0.25, 0.3) is 0 Å². The lowest BCUT2D eigenvalue weighted by Crippen LogP contribution is -2.40. The Bertz CT molecular complexity index is 829. The van der Waals surface area contributed by atoms with Crippen molar-refractivity contribution in [1.82, 2.24) is 4.98 Å². The Labute approximate surface area is 157 Å². The van der Waals surface area contributed by atoms with Crippen molar-refractivity contribution < 1.29 is 14.3 Å². The van der Waals surface area contributed by atoms with Crippen molar-refractivity contribution >= 4 is 46.6 Å². The minimum absolute atomic E-state index is 0.